The van der Waals surface area contributed by atoms with Crippen LogP contribution in [-0.2, 0) is 21.3 Å². The lowest BCUT2D eigenvalue weighted by atomic mass is 10.1. The average Bonchev–Trinajstić information content (AvgIpc) is 2.78. The maximum absolute atomic E-state index is 12.7. The highest BCUT2D eigenvalue weighted by molar-refractivity contribution is 7.92. The molecule has 33 heavy (non-hydrogen) atoms. The molecule has 1 amide bonds. The van der Waals surface area contributed by atoms with Crippen LogP contribution >= 0.6 is 11.6 Å². The normalized spacial score (nSPS) is 11.0. The van der Waals surface area contributed by atoms with Gasteiger partial charge in [-0.25, -0.2) is 13.2 Å². The summed E-state index contributed by atoms with van der Waals surface area (Å²) in [5.74, 6) is -1.04. The van der Waals surface area contributed by atoms with Crippen molar-refractivity contribution < 1.29 is 22.7 Å². The summed E-state index contributed by atoms with van der Waals surface area (Å²) >= 11 is 6.01. The minimum atomic E-state index is -3.55. The number of methoxy groups -OCH3 is 1. The Hall–Kier alpha value is -3.36. The Morgan fingerprint density at radius 1 is 1.00 bits per heavy atom. The van der Waals surface area contributed by atoms with Gasteiger partial charge in [0.1, 0.15) is 0 Å². The molecule has 1 N–H and O–H groups in total. The van der Waals surface area contributed by atoms with Gasteiger partial charge in [0.25, 0.3) is 5.91 Å². The van der Waals surface area contributed by atoms with E-state index >= 15 is 0 Å². The van der Waals surface area contributed by atoms with Crippen LogP contribution in [-0.4, -0.2) is 33.7 Å². The Morgan fingerprint density at radius 2 is 1.64 bits per heavy atom. The molecule has 0 radical (unpaired) electrons. The van der Waals surface area contributed by atoms with E-state index < -0.39 is 21.9 Å². The molecule has 0 fully saturated rings. The van der Waals surface area contributed by atoms with Gasteiger partial charge in [-0.15, -0.1) is 0 Å². The third-order valence-corrected chi connectivity index (χ3v) is 6.36. The number of amides is 1. The van der Waals surface area contributed by atoms with Crippen molar-refractivity contribution in [3.8, 4) is 0 Å². The predicted octanol–water partition coefficient (Wildman–Crippen LogP) is 4.65. The van der Waals surface area contributed by atoms with Crippen LogP contribution in [0.5, 0.6) is 0 Å². The summed E-state index contributed by atoms with van der Waals surface area (Å²) in [4.78, 5) is 24.5. The third-order valence-electron chi connectivity index (χ3n) is 4.89. The number of aryl methyl sites for hydroxylation is 1. The standard InChI is InChI=1S/C24H23ClN2O5S/c1-16-4-6-17(7-5-16)15-27(33(3,30)31)20-11-8-18(9-12-20)23(28)26-19-10-13-22(25)21(14-19)24(29)32-2/h4-14H,15H2,1-3H3,(H,26,28). The highest BCUT2D eigenvalue weighted by atomic mass is 35.5. The van der Waals surface area contributed by atoms with Crippen molar-refractivity contribution in [1.29, 1.82) is 0 Å². The van der Waals surface area contributed by atoms with Gasteiger partial charge in [-0.2, -0.15) is 0 Å². The Labute approximate surface area is 198 Å². The van der Waals surface area contributed by atoms with Crippen LogP contribution in [0.1, 0.15) is 31.8 Å². The van der Waals surface area contributed by atoms with Crippen LogP contribution in [0.3, 0.4) is 0 Å². The molecule has 0 saturated carbocycles. The second kappa shape index (κ2) is 10.1. The molecule has 0 aliphatic rings. The van der Waals surface area contributed by atoms with Crippen molar-refractivity contribution in [3.63, 3.8) is 0 Å². The summed E-state index contributed by atoms with van der Waals surface area (Å²) in [6, 6.07) is 18.3. The molecule has 7 nitrogen and oxygen atoms in total. The van der Waals surface area contributed by atoms with Crippen molar-refractivity contribution in [2.45, 2.75) is 13.5 Å². The van der Waals surface area contributed by atoms with Crippen LogP contribution in [0.15, 0.2) is 66.7 Å². The van der Waals surface area contributed by atoms with Crippen LogP contribution in [0.2, 0.25) is 5.02 Å². The van der Waals surface area contributed by atoms with Crippen molar-refractivity contribution >= 4 is 44.9 Å². The maximum atomic E-state index is 12.7. The maximum Gasteiger partial charge on any atom is 0.339 e. The lowest BCUT2D eigenvalue weighted by molar-refractivity contribution is 0.0600. The van der Waals surface area contributed by atoms with Crippen molar-refractivity contribution in [1.82, 2.24) is 0 Å². The smallest absolute Gasteiger partial charge is 0.339 e. The molecule has 9 heteroatoms. The Kier molecular flexibility index (Phi) is 7.40. The minimum absolute atomic E-state index is 0.132. The van der Waals surface area contributed by atoms with Gasteiger partial charge < -0.3 is 10.1 Å². The topological polar surface area (TPSA) is 92.8 Å². The van der Waals surface area contributed by atoms with Crippen LogP contribution in [0, 0.1) is 6.92 Å². The number of rotatable bonds is 7. The molecule has 3 aromatic rings. The van der Waals surface area contributed by atoms with E-state index in [1.807, 2.05) is 31.2 Å². The van der Waals surface area contributed by atoms with E-state index in [4.69, 9.17) is 11.6 Å². The molecule has 0 unspecified atom stereocenters. The highest BCUT2D eigenvalue weighted by Crippen LogP contribution is 2.24. The summed E-state index contributed by atoms with van der Waals surface area (Å²) in [5.41, 5.74) is 3.18. The summed E-state index contributed by atoms with van der Waals surface area (Å²) in [7, 11) is -2.31. The monoisotopic (exact) mass is 486 g/mol. The lowest BCUT2D eigenvalue weighted by Crippen LogP contribution is -2.29. The molecular formula is C24H23ClN2O5S. The van der Waals surface area contributed by atoms with Crippen LogP contribution < -0.4 is 9.62 Å². The fourth-order valence-electron chi connectivity index (χ4n) is 3.11. The number of hydrogen-bond donors (Lipinski definition) is 1. The number of nitrogens with one attached hydrogen (secondary N) is 1. The van der Waals surface area contributed by atoms with E-state index in [0.29, 0.717) is 16.9 Å². The number of nitrogens with zero attached hydrogens (tertiary/aromatic N) is 1. The first-order valence-electron chi connectivity index (χ1n) is 9.91. The molecule has 0 aliphatic heterocycles. The van der Waals surface area contributed by atoms with Crippen molar-refractivity contribution in [2.75, 3.05) is 23.0 Å². The van der Waals surface area contributed by atoms with E-state index in [-0.39, 0.29) is 17.1 Å². The molecule has 0 aromatic heterocycles. The fourth-order valence-corrected chi connectivity index (χ4v) is 4.19. The summed E-state index contributed by atoms with van der Waals surface area (Å²) in [6.45, 7) is 2.13. The average molecular weight is 487 g/mol. The molecule has 3 rings (SSSR count). The number of benzene rings is 3. The van der Waals surface area contributed by atoms with E-state index in [1.54, 1.807) is 18.2 Å². The molecule has 0 atom stereocenters. The lowest BCUT2D eigenvalue weighted by Gasteiger charge is -2.23. The number of sulfonamides is 1. The van der Waals surface area contributed by atoms with Crippen molar-refractivity contribution in [3.05, 3.63) is 94.0 Å². The first kappa shape index (κ1) is 24.3. The fraction of sp³-hybridized carbons (Fsp3) is 0.167. The van der Waals surface area contributed by atoms with E-state index in [0.717, 1.165) is 17.4 Å². The second-order valence-corrected chi connectivity index (χ2v) is 9.76. The Bertz CT molecular complexity index is 1270. The van der Waals surface area contributed by atoms with E-state index in [9.17, 15) is 18.0 Å². The molecule has 172 valence electrons. The molecular weight excluding hydrogens is 464 g/mol. The molecule has 0 bridgehead atoms. The van der Waals surface area contributed by atoms with Gasteiger partial charge in [0.15, 0.2) is 0 Å². The quantitative estimate of drug-likeness (QED) is 0.490. The number of halogens is 1. The number of esters is 1. The molecule has 0 heterocycles. The number of ether oxygens (including phenoxy) is 1. The number of carbonyl (C=O) groups is 2. The number of carbonyl (C=O) groups excluding carboxylic acids is 2. The third kappa shape index (κ3) is 6.12. The number of anilines is 2. The minimum Gasteiger partial charge on any atom is -0.465 e. The van der Waals surface area contributed by atoms with Crippen molar-refractivity contribution in [2.24, 2.45) is 0 Å². The van der Waals surface area contributed by atoms with Gasteiger partial charge in [0.2, 0.25) is 10.0 Å². The van der Waals surface area contributed by atoms with Gasteiger partial charge >= 0.3 is 5.97 Å². The van der Waals surface area contributed by atoms with Gasteiger partial charge in [0, 0.05) is 11.3 Å². The van der Waals surface area contributed by atoms with E-state index in [1.165, 1.54) is 35.7 Å². The van der Waals surface area contributed by atoms with Gasteiger partial charge in [-0.1, -0.05) is 41.4 Å². The Balaban J connectivity index is 1.79. The first-order valence-corrected chi connectivity index (χ1v) is 12.1. The molecule has 0 spiro atoms. The molecule has 0 aliphatic carbocycles. The SMILES string of the molecule is COC(=O)c1cc(NC(=O)c2ccc(N(Cc3ccc(C)cc3)S(C)(=O)=O)cc2)ccc1Cl. The van der Waals surface area contributed by atoms with Gasteiger partial charge in [0.05, 0.1) is 36.2 Å². The summed E-state index contributed by atoms with van der Waals surface area (Å²) in [5, 5.41) is 2.90. The highest BCUT2D eigenvalue weighted by Gasteiger charge is 2.19. The molecule has 3 aromatic carbocycles. The second-order valence-electron chi connectivity index (χ2n) is 7.44. The zero-order chi connectivity index (χ0) is 24.2. The largest absolute Gasteiger partial charge is 0.465 e. The first-order chi connectivity index (χ1) is 15.6. The summed E-state index contributed by atoms with van der Waals surface area (Å²) in [6.07, 6.45) is 1.14. The van der Waals surface area contributed by atoms with Crippen LogP contribution in [0.25, 0.3) is 0 Å². The number of hydrogen-bond acceptors (Lipinski definition) is 5. The summed E-state index contributed by atoms with van der Waals surface area (Å²) < 4.78 is 30.8. The van der Waals surface area contributed by atoms with Gasteiger partial charge in [-0.3, -0.25) is 9.10 Å². The zero-order valence-electron chi connectivity index (χ0n) is 18.3. The zero-order valence-corrected chi connectivity index (χ0v) is 19.9. The van der Waals surface area contributed by atoms with Crippen LogP contribution in [0.4, 0.5) is 11.4 Å². The molecule has 0 saturated heterocycles. The van der Waals surface area contributed by atoms with E-state index in [2.05, 4.69) is 10.1 Å². The Morgan fingerprint density at radius 3 is 2.21 bits per heavy atom. The predicted molar refractivity (Wildman–Crippen MR) is 129 cm³/mol. The van der Waals surface area contributed by atoms with Gasteiger partial charge in [-0.05, 0) is 55.0 Å².